The van der Waals surface area contributed by atoms with Crippen LogP contribution in [0.2, 0.25) is 0 Å². The Hall–Kier alpha value is -2.04. The molecule has 29 heavy (non-hydrogen) atoms. The Bertz CT molecular complexity index is 846. The molecule has 2 aromatic carbocycles. The van der Waals surface area contributed by atoms with Crippen LogP contribution in [0.3, 0.4) is 0 Å². The van der Waals surface area contributed by atoms with E-state index >= 15 is 0 Å². The highest BCUT2D eigenvalue weighted by Gasteiger charge is 2.28. The van der Waals surface area contributed by atoms with Gasteiger partial charge in [-0.2, -0.15) is 0 Å². The van der Waals surface area contributed by atoms with Crippen molar-refractivity contribution in [3.8, 4) is 11.5 Å². The Labute approximate surface area is 174 Å². The second-order valence-corrected chi connectivity index (χ2v) is 9.05. The van der Waals surface area contributed by atoms with Gasteiger partial charge in [0.25, 0.3) is 0 Å². The van der Waals surface area contributed by atoms with Crippen molar-refractivity contribution in [3.63, 3.8) is 0 Å². The third kappa shape index (κ3) is 4.76. The van der Waals surface area contributed by atoms with Gasteiger partial charge in [-0.1, -0.05) is 52.0 Å². The molecule has 0 bridgehead atoms. The van der Waals surface area contributed by atoms with Gasteiger partial charge in [0.15, 0.2) is 0 Å². The van der Waals surface area contributed by atoms with E-state index in [4.69, 9.17) is 18.9 Å². The van der Waals surface area contributed by atoms with Crippen LogP contribution in [0, 0.1) is 6.92 Å². The molecule has 2 atom stereocenters. The lowest BCUT2D eigenvalue weighted by molar-refractivity contribution is 0.259. The lowest BCUT2D eigenvalue weighted by Gasteiger charge is -2.29. The van der Waals surface area contributed by atoms with Crippen LogP contribution in [0.5, 0.6) is 11.5 Å². The van der Waals surface area contributed by atoms with Crippen LogP contribution in [0.15, 0.2) is 36.4 Å². The van der Waals surface area contributed by atoms with Crippen molar-refractivity contribution in [2.45, 2.75) is 58.2 Å². The molecule has 2 saturated heterocycles. The van der Waals surface area contributed by atoms with E-state index in [1.165, 1.54) is 22.3 Å². The highest BCUT2D eigenvalue weighted by molar-refractivity contribution is 5.50. The van der Waals surface area contributed by atoms with Crippen LogP contribution in [-0.2, 0) is 14.9 Å². The maximum Gasteiger partial charge on any atom is 0.125 e. The van der Waals surface area contributed by atoms with Crippen molar-refractivity contribution in [2.24, 2.45) is 0 Å². The zero-order chi connectivity index (χ0) is 20.6. The quantitative estimate of drug-likeness (QED) is 0.560. The van der Waals surface area contributed by atoms with Gasteiger partial charge in [0.05, 0.1) is 13.2 Å². The van der Waals surface area contributed by atoms with Crippen LogP contribution < -0.4 is 9.47 Å². The second kappa shape index (κ2) is 8.00. The number of ether oxygens (including phenoxy) is 4. The summed E-state index contributed by atoms with van der Waals surface area (Å²) in [5, 5.41) is 0. The molecule has 2 aromatic rings. The minimum atomic E-state index is -0.120. The number of rotatable bonds is 9. The van der Waals surface area contributed by atoms with Gasteiger partial charge in [0.2, 0.25) is 0 Å². The molecule has 4 heteroatoms. The van der Waals surface area contributed by atoms with E-state index in [2.05, 4.69) is 71.0 Å². The standard InChI is InChI=1S/C25H32O4/c1-16(2)23-11-19(10-17(3)24(23)29-15-22-14-28-22)25(4,5)18-6-8-20(9-7-18)26-12-21-13-27-21/h6-11,16,21-22H,12-15H2,1-5H3. The topological polar surface area (TPSA) is 43.5 Å². The van der Waals surface area contributed by atoms with Gasteiger partial charge in [-0.05, 0) is 47.2 Å². The van der Waals surface area contributed by atoms with Crippen LogP contribution in [0.1, 0.15) is 55.9 Å². The number of hydrogen-bond acceptors (Lipinski definition) is 4. The normalized spacial score (nSPS) is 20.6. The monoisotopic (exact) mass is 396 g/mol. The lowest BCUT2D eigenvalue weighted by atomic mass is 9.76. The number of hydrogen-bond donors (Lipinski definition) is 0. The van der Waals surface area contributed by atoms with Gasteiger partial charge in [0.1, 0.15) is 36.9 Å². The van der Waals surface area contributed by atoms with E-state index in [1.54, 1.807) is 0 Å². The number of benzene rings is 2. The summed E-state index contributed by atoms with van der Waals surface area (Å²) >= 11 is 0. The first-order valence-corrected chi connectivity index (χ1v) is 10.6. The Morgan fingerprint density at radius 1 is 0.931 bits per heavy atom. The van der Waals surface area contributed by atoms with Crippen LogP contribution >= 0.6 is 0 Å². The molecule has 0 spiro atoms. The van der Waals surface area contributed by atoms with Gasteiger partial charge < -0.3 is 18.9 Å². The predicted molar refractivity (Wildman–Crippen MR) is 114 cm³/mol. The zero-order valence-corrected chi connectivity index (χ0v) is 18.2. The van der Waals surface area contributed by atoms with E-state index in [1.807, 2.05) is 0 Å². The molecule has 0 amide bonds. The zero-order valence-electron chi connectivity index (χ0n) is 18.2. The Morgan fingerprint density at radius 3 is 2.07 bits per heavy atom. The average molecular weight is 397 g/mol. The molecule has 0 saturated carbocycles. The summed E-state index contributed by atoms with van der Waals surface area (Å²) in [7, 11) is 0. The first-order valence-electron chi connectivity index (χ1n) is 10.6. The van der Waals surface area contributed by atoms with E-state index in [0.717, 1.165) is 24.7 Å². The highest BCUT2D eigenvalue weighted by atomic mass is 16.6. The summed E-state index contributed by atoms with van der Waals surface area (Å²) < 4.78 is 22.4. The molecular weight excluding hydrogens is 364 g/mol. The van der Waals surface area contributed by atoms with Crippen molar-refractivity contribution in [3.05, 3.63) is 58.7 Å². The van der Waals surface area contributed by atoms with Crippen LogP contribution in [-0.4, -0.2) is 38.6 Å². The van der Waals surface area contributed by atoms with Crippen LogP contribution in [0.25, 0.3) is 0 Å². The van der Waals surface area contributed by atoms with E-state index in [0.29, 0.717) is 19.1 Å². The first-order chi connectivity index (χ1) is 13.8. The van der Waals surface area contributed by atoms with E-state index in [-0.39, 0.29) is 17.6 Å². The SMILES string of the molecule is Cc1cc(C(C)(C)c2ccc(OCC3CO3)cc2)cc(C(C)C)c1OCC1CO1. The molecule has 0 radical (unpaired) electrons. The van der Waals surface area contributed by atoms with Gasteiger partial charge in [-0.25, -0.2) is 0 Å². The largest absolute Gasteiger partial charge is 0.491 e. The highest BCUT2D eigenvalue weighted by Crippen LogP contribution is 2.39. The fourth-order valence-corrected chi connectivity index (χ4v) is 3.62. The summed E-state index contributed by atoms with van der Waals surface area (Å²) in [6, 6.07) is 13.0. The van der Waals surface area contributed by atoms with Crippen LogP contribution in [0.4, 0.5) is 0 Å². The molecule has 4 rings (SSSR count). The summed E-state index contributed by atoms with van der Waals surface area (Å²) in [4.78, 5) is 0. The fourth-order valence-electron chi connectivity index (χ4n) is 3.62. The Balaban J connectivity index is 1.57. The van der Waals surface area contributed by atoms with Crippen molar-refractivity contribution in [2.75, 3.05) is 26.4 Å². The van der Waals surface area contributed by atoms with Crippen molar-refractivity contribution in [1.29, 1.82) is 0 Å². The molecule has 156 valence electrons. The summed E-state index contributed by atoms with van der Waals surface area (Å²) in [5.74, 6) is 2.30. The summed E-state index contributed by atoms with van der Waals surface area (Å²) in [5.41, 5.74) is 4.89. The first kappa shape index (κ1) is 20.2. The number of epoxide rings is 2. The molecule has 4 nitrogen and oxygen atoms in total. The Morgan fingerprint density at radius 2 is 1.52 bits per heavy atom. The van der Waals surface area contributed by atoms with Gasteiger partial charge in [-0.3, -0.25) is 0 Å². The summed E-state index contributed by atoms with van der Waals surface area (Å²) in [6.07, 6.45) is 0.536. The molecule has 2 heterocycles. The maximum absolute atomic E-state index is 6.14. The van der Waals surface area contributed by atoms with Gasteiger partial charge in [0, 0.05) is 5.41 Å². The Kier molecular flexibility index (Phi) is 5.58. The summed E-state index contributed by atoms with van der Waals surface area (Å²) in [6.45, 7) is 14.0. The molecule has 0 aliphatic carbocycles. The molecule has 2 fully saturated rings. The minimum absolute atomic E-state index is 0.120. The minimum Gasteiger partial charge on any atom is -0.491 e. The molecular formula is C25H32O4. The third-order valence-corrected chi connectivity index (χ3v) is 5.88. The number of aryl methyl sites for hydroxylation is 1. The van der Waals surface area contributed by atoms with Gasteiger partial charge in [-0.15, -0.1) is 0 Å². The van der Waals surface area contributed by atoms with E-state index in [9.17, 15) is 0 Å². The fraction of sp³-hybridized carbons (Fsp3) is 0.520. The second-order valence-electron chi connectivity index (χ2n) is 9.05. The molecule has 2 unspecified atom stereocenters. The molecule has 2 aliphatic heterocycles. The van der Waals surface area contributed by atoms with Crippen molar-refractivity contribution < 1.29 is 18.9 Å². The van der Waals surface area contributed by atoms with Crippen molar-refractivity contribution in [1.82, 2.24) is 0 Å². The lowest BCUT2D eigenvalue weighted by Crippen LogP contribution is -2.20. The van der Waals surface area contributed by atoms with Gasteiger partial charge >= 0.3 is 0 Å². The third-order valence-electron chi connectivity index (χ3n) is 5.88. The molecule has 0 N–H and O–H groups in total. The average Bonchev–Trinajstić information content (AvgIpc) is 3.60. The smallest absolute Gasteiger partial charge is 0.125 e. The van der Waals surface area contributed by atoms with Crippen molar-refractivity contribution >= 4 is 0 Å². The molecule has 2 aliphatic rings. The molecule has 0 aromatic heterocycles. The van der Waals surface area contributed by atoms with E-state index < -0.39 is 0 Å². The maximum atomic E-state index is 6.14. The predicted octanol–water partition coefficient (Wildman–Crippen LogP) is 5.00.